The van der Waals surface area contributed by atoms with Crippen LogP contribution in [0.5, 0.6) is 5.75 Å². The summed E-state index contributed by atoms with van der Waals surface area (Å²) in [5, 5.41) is 8.77. The van der Waals surface area contributed by atoms with Crippen LogP contribution in [0.15, 0.2) is 57.3 Å². The molecule has 1 aromatic heterocycles. The molecule has 25 heavy (non-hydrogen) atoms. The minimum absolute atomic E-state index is 0.0651. The molecule has 1 aliphatic heterocycles. The van der Waals surface area contributed by atoms with Crippen LogP contribution in [0.2, 0.25) is 0 Å². The summed E-state index contributed by atoms with van der Waals surface area (Å²) >= 11 is 1.45. The van der Waals surface area contributed by atoms with Crippen molar-refractivity contribution < 1.29 is 13.9 Å². The first-order chi connectivity index (χ1) is 12.2. The highest BCUT2D eigenvalue weighted by atomic mass is 32.2. The van der Waals surface area contributed by atoms with Crippen LogP contribution in [-0.4, -0.2) is 34.5 Å². The van der Waals surface area contributed by atoms with E-state index in [1.54, 1.807) is 30.4 Å². The van der Waals surface area contributed by atoms with Gasteiger partial charge in [0.15, 0.2) is 5.17 Å². The lowest BCUT2D eigenvalue weighted by Gasteiger charge is -2.16. The van der Waals surface area contributed by atoms with Gasteiger partial charge in [-0.05, 0) is 36.2 Å². The Morgan fingerprint density at radius 2 is 2.12 bits per heavy atom. The lowest BCUT2D eigenvalue weighted by atomic mass is 10.2. The molecule has 1 aromatic carbocycles. The third-order valence-corrected chi connectivity index (χ3v) is 5.09. The summed E-state index contributed by atoms with van der Waals surface area (Å²) in [6.07, 6.45) is 3.86. The second-order valence-corrected chi connectivity index (χ2v) is 6.60. The molecule has 3 rings (SSSR count). The summed E-state index contributed by atoms with van der Waals surface area (Å²) in [5.41, 5.74) is 1.01. The van der Waals surface area contributed by atoms with Crippen molar-refractivity contribution in [3.05, 3.63) is 54.0 Å². The Kier molecular flexibility index (Phi) is 5.55. The zero-order chi connectivity index (χ0) is 17.6. The van der Waals surface area contributed by atoms with Crippen LogP contribution in [0.3, 0.4) is 0 Å². The molecule has 0 aliphatic carbocycles. The van der Waals surface area contributed by atoms with Gasteiger partial charge in [0.2, 0.25) is 5.91 Å². The largest absolute Gasteiger partial charge is 0.497 e. The Balaban J connectivity index is 1.78. The van der Waals surface area contributed by atoms with Crippen LogP contribution in [0.1, 0.15) is 24.7 Å². The maximum Gasteiger partial charge on any atom is 0.242 e. The highest BCUT2D eigenvalue weighted by Gasteiger charge is 2.36. The van der Waals surface area contributed by atoms with Gasteiger partial charge >= 0.3 is 0 Å². The molecular formula is C18H19N3O3S. The maximum atomic E-state index is 12.6. The van der Waals surface area contributed by atoms with E-state index in [1.165, 1.54) is 18.0 Å². The molecule has 1 aliphatic rings. The van der Waals surface area contributed by atoms with Crippen LogP contribution < -0.4 is 4.74 Å². The number of amidine groups is 1. The van der Waals surface area contributed by atoms with Crippen molar-refractivity contribution in [1.82, 2.24) is 4.90 Å². The molecule has 2 aromatic rings. The van der Waals surface area contributed by atoms with Gasteiger partial charge in [-0.15, -0.1) is 5.10 Å². The molecule has 1 atom stereocenters. The maximum absolute atomic E-state index is 12.6. The van der Waals surface area contributed by atoms with Crippen molar-refractivity contribution in [1.29, 1.82) is 0 Å². The number of hydrogen-bond donors (Lipinski definition) is 0. The van der Waals surface area contributed by atoms with Crippen molar-refractivity contribution >= 4 is 29.1 Å². The van der Waals surface area contributed by atoms with Crippen LogP contribution >= 0.6 is 11.8 Å². The topological polar surface area (TPSA) is 67.4 Å². The summed E-state index contributed by atoms with van der Waals surface area (Å²) in [5.74, 6) is 1.47. The van der Waals surface area contributed by atoms with Gasteiger partial charge in [-0.2, -0.15) is 5.10 Å². The van der Waals surface area contributed by atoms with E-state index in [1.807, 2.05) is 31.2 Å². The van der Waals surface area contributed by atoms with E-state index in [0.717, 1.165) is 17.7 Å². The van der Waals surface area contributed by atoms with Gasteiger partial charge in [-0.1, -0.05) is 30.8 Å². The lowest BCUT2D eigenvalue weighted by molar-refractivity contribution is -0.126. The van der Waals surface area contributed by atoms with Crippen LogP contribution in [0.25, 0.3) is 0 Å². The average molecular weight is 357 g/mol. The molecule has 1 fully saturated rings. The van der Waals surface area contributed by atoms with Gasteiger partial charge in [-0.25, -0.2) is 0 Å². The molecule has 0 radical (unpaired) electrons. The Morgan fingerprint density at radius 3 is 2.76 bits per heavy atom. The average Bonchev–Trinajstić information content (AvgIpc) is 3.25. The fraction of sp³-hybridized carbons (Fsp3) is 0.278. The zero-order valence-electron chi connectivity index (χ0n) is 14.1. The number of nitrogens with zero attached hydrogens (tertiary/aromatic N) is 3. The number of furan rings is 1. The number of methoxy groups -OCH3 is 1. The fourth-order valence-electron chi connectivity index (χ4n) is 2.40. The number of benzene rings is 1. The van der Waals surface area contributed by atoms with Gasteiger partial charge in [0.05, 0.1) is 31.4 Å². The third kappa shape index (κ3) is 4.11. The number of rotatable bonds is 6. The van der Waals surface area contributed by atoms with Crippen molar-refractivity contribution in [3.8, 4) is 5.75 Å². The van der Waals surface area contributed by atoms with Gasteiger partial charge < -0.3 is 9.15 Å². The van der Waals surface area contributed by atoms with E-state index in [-0.39, 0.29) is 11.2 Å². The summed E-state index contributed by atoms with van der Waals surface area (Å²) < 4.78 is 10.4. The van der Waals surface area contributed by atoms with E-state index in [9.17, 15) is 4.79 Å². The third-order valence-electron chi connectivity index (χ3n) is 3.76. The molecule has 0 spiro atoms. The number of carbonyl (C=O) groups is 1. The van der Waals surface area contributed by atoms with E-state index < -0.39 is 0 Å². The highest BCUT2D eigenvalue weighted by Crippen LogP contribution is 2.31. The number of amides is 1. The number of ether oxygens (including phenoxy) is 1. The molecule has 2 heterocycles. The Morgan fingerprint density at radius 1 is 1.32 bits per heavy atom. The van der Waals surface area contributed by atoms with E-state index in [2.05, 4.69) is 10.2 Å². The molecule has 0 saturated carbocycles. The zero-order valence-corrected chi connectivity index (χ0v) is 14.9. The molecule has 0 N–H and O–H groups in total. The predicted octanol–water partition coefficient (Wildman–Crippen LogP) is 3.53. The minimum Gasteiger partial charge on any atom is -0.497 e. The van der Waals surface area contributed by atoms with Crippen molar-refractivity contribution in [2.45, 2.75) is 25.1 Å². The van der Waals surface area contributed by atoms with Gasteiger partial charge in [0, 0.05) is 0 Å². The number of carbonyl (C=O) groups excluding carboxylic acids is 1. The molecular weight excluding hydrogens is 338 g/mol. The second-order valence-electron chi connectivity index (χ2n) is 5.43. The standard InChI is InChI=1S/C18H19N3O3S/c1-3-16-17(22)21(12-13-6-8-14(23-2)9-7-13)18(25-16)20-19-11-15-5-4-10-24-15/h4-11,16H,3,12H2,1-2H3/b19-11-,20-18+/t16-/m1/s1. The predicted molar refractivity (Wildman–Crippen MR) is 99.0 cm³/mol. The molecule has 1 amide bonds. The number of thioether (sulfide) groups is 1. The van der Waals surface area contributed by atoms with Crippen LogP contribution in [0, 0.1) is 0 Å². The molecule has 0 unspecified atom stereocenters. The van der Waals surface area contributed by atoms with Gasteiger partial charge in [-0.3, -0.25) is 9.69 Å². The van der Waals surface area contributed by atoms with E-state index >= 15 is 0 Å². The van der Waals surface area contributed by atoms with Crippen LogP contribution in [0.4, 0.5) is 0 Å². The van der Waals surface area contributed by atoms with Gasteiger partial charge in [0.1, 0.15) is 11.5 Å². The van der Waals surface area contributed by atoms with Gasteiger partial charge in [0.25, 0.3) is 0 Å². The molecule has 1 saturated heterocycles. The summed E-state index contributed by atoms with van der Waals surface area (Å²) in [4.78, 5) is 14.3. The second kappa shape index (κ2) is 8.02. The summed E-state index contributed by atoms with van der Waals surface area (Å²) in [6.45, 7) is 2.46. The molecule has 130 valence electrons. The van der Waals surface area contributed by atoms with Crippen molar-refractivity contribution in [2.75, 3.05) is 7.11 Å². The Hall–Kier alpha value is -2.54. The smallest absolute Gasteiger partial charge is 0.242 e. The first-order valence-electron chi connectivity index (χ1n) is 7.96. The van der Waals surface area contributed by atoms with Crippen LogP contribution in [-0.2, 0) is 11.3 Å². The molecule has 0 bridgehead atoms. The summed E-state index contributed by atoms with van der Waals surface area (Å²) in [6, 6.07) is 11.2. The van der Waals surface area contributed by atoms with Crippen molar-refractivity contribution in [3.63, 3.8) is 0 Å². The fourth-order valence-corrected chi connectivity index (χ4v) is 3.43. The Bertz CT molecular complexity index is 769. The quantitative estimate of drug-likeness (QED) is 0.586. The molecule has 7 heteroatoms. The summed E-state index contributed by atoms with van der Waals surface area (Å²) in [7, 11) is 1.63. The first-order valence-corrected chi connectivity index (χ1v) is 8.84. The highest BCUT2D eigenvalue weighted by molar-refractivity contribution is 8.15. The SMILES string of the molecule is CC[C@H]1S/C(=N/N=C\c2ccco2)N(Cc2ccc(OC)cc2)C1=O. The minimum atomic E-state index is -0.115. The van der Waals surface area contributed by atoms with E-state index in [0.29, 0.717) is 17.5 Å². The lowest BCUT2D eigenvalue weighted by Crippen LogP contribution is -2.31. The van der Waals surface area contributed by atoms with Crippen molar-refractivity contribution in [2.24, 2.45) is 10.2 Å². The number of hydrogen-bond acceptors (Lipinski definition) is 6. The normalized spacial score (nSPS) is 19.3. The Labute approximate surface area is 150 Å². The molecule has 6 nitrogen and oxygen atoms in total. The monoisotopic (exact) mass is 357 g/mol. The van der Waals surface area contributed by atoms with E-state index in [4.69, 9.17) is 9.15 Å². The first kappa shape index (κ1) is 17.3.